The molecule has 18 heavy (non-hydrogen) atoms. The Kier molecular flexibility index (Phi) is 3.29. The van der Waals surface area contributed by atoms with Gasteiger partial charge in [-0.3, -0.25) is 0 Å². The molecule has 2 aliphatic rings. The Labute approximate surface area is 110 Å². The highest BCUT2D eigenvalue weighted by molar-refractivity contribution is 5.39. The molecule has 0 radical (unpaired) electrons. The number of fused-ring (bicyclic) bond motifs is 1. The SMILES string of the molecule is NCCC1CC2(CCCCC2)Oc2ccccc21. The first kappa shape index (κ1) is 12.0. The van der Waals surface area contributed by atoms with E-state index < -0.39 is 0 Å². The third-order valence-corrected chi connectivity index (χ3v) is 4.58. The summed E-state index contributed by atoms with van der Waals surface area (Å²) in [6, 6.07) is 8.55. The monoisotopic (exact) mass is 245 g/mol. The van der Waals surface area contributed by atoms with Crippen molar-refractivity contribution in [1.29, 1.82) is 0 Å². The van der Waals surface area contributed by atoms with Gasteiger partial charge in [0.15, 0.2) is 0 Å². The van der Waals surface area contributed by atoms with Gasteiger partial charge in [-0.05, 0) is 62.6 Å². The summed E-state index contributed by atoms with van der Waals surface area (Å²) in [5, 5.41) is 0. The second-order valence-corrected chi connectivity index (χ2v) is 5.86. The Hall–Kier alpha value is -1.02. The third kappa shape index (κ3) is 2.14. The van der Waals surface area contributed by atoms with Crippen molar-refractivity contribution in [3.63, 3.8) is 0 Å². The van der Waals surface area contributed by atoms with Gasteiger partial charge in [-0.2, -0.15) is 0 Å². The van der Waals surface area contributed by atoms with E-state index in [0.717, 1.165) is 18.7 Å². The fraction of sp³-hybridized carbons (Fsp3) is 0.625. The molecule has 0 saturated heterocycles. The van der Waals surface area contributed by atoms with Gasteiger partial charge in [0.25, 0.3) is 0 Å². The molecule has 1 atom stereocenters. The fourth-order valence-electron chi connectivity index (χ4n) is 3.71. The molecule has 1 unspecified atom stereocenters. The van der Waals surface area contributed by atoms with Crippen molar-refractivity contribution in [3.8, 4) is 5.75 Å². The van der Waals surface area contributed by atoms with Crippen molar-refractivity contribution >= 4 is 0 Å². The van der Waals surface area contributed by atoms with E-state index in [1.165, 1.54) is 44.1 Å². The van der Waals surface area contributed by atoms with Crippen molar-refractivity contribution in [1.82, 2.24) is 0 Å². The summed E-state index contributed by atoms with van der Waals surface area (Å²) in [7, 11) is 0. The van der Waals surface area contributed by atoms with Crippen molar-refractivity contribution < 1.29 is 4.74 Å². The van der Waals surface area contributed by atoms with E-state index in [0.29, 0.717) is 5.92 Å². The van der Waals surface area contributed by atoms with Crippen LogP contribution in [0.4, 0.5) is 0 Å². The minimum Gasteiger partial charge on any atom is -0.487 e. The molecule has 1 saturated carbocycles. The predicted molar refractivity (Wildman–Crippen MR) is 73.9 cm³/mol. The van der Waals surface area contributed by atoms with Crippen molar-refractivity contribution in [2.24, 2.45) is 5.73 Å². The van der Waals surface area contributed by atoms with Gasteiger partial charge in [0.1, 0.15) is 11.4 Å². The van der Waals surface area contributed by atoms with Gasteiger partial charge in [0.2, 0.25) is 0 Å². The molecule has 98 valence electrons. The van der Waals surface area contributed by atoms with E-state index in [1.54, 1.807) is 0 Å². The van der Waals surface area contributed by atoms with Crippen LogP contribution in [0.5, 0.6) is 5.75 Å². The lowest BCUT2D eigenvalue weighted by Crippen LogP contribution is -2.43. The standard InChI is InChI=1S/C16H23NO/c17-11-8-13-12-16(9-4-1-5-10-16)18-15-7-3-2-6-14(13)15/h2-3,6-7,13H,1,4-5,8-12,17H2. The Bertz CT molecular complexity index is 409. The molecule has 2 nitrogen and oxygen atoms in total. The van der Waals surface area contributed by atoms with Gasteiger partial charge in [0, 0.05) is 0 Å². The minimum absolute atomic E-state index is 0.117. The maximum atomic E-state index is 6.40. The Balaban J connectivity index is 1.91. The molecular weight excluding hydrogens is 222 g/mol. The molecular formula is C16H23NO. The molecule has 1 spiro atoms. The molecule has 0 aromatic heterocycles. The third-order valence-electron chi connectivity index (χ3n) is 4.58. The summed E-state index contributed by atoms with van der Waals surface area (Å²) in [4.78, 5) is 0. The zero-order valence-electron chi connectivity index (χ0n) is 11.0. The van der Waals surface area contributed by atoms with Crippen LogP contribution in [-0.4, -0.2) is 12.1 Å². The van der Waals surface area contributed by atoms with E-state index in [9.17, 15) is 0 Å². The summed E-state index contributed by atoms with van der Waals surface area (Å²) in [5.74, 6) is 1.71. The van der Waals surface area contributed by atoms with E-state index in [-0.39, 0.29) is 5.60 Å². The lowest BCUT2D eigenvalue weighted by Gasteiger charge is -2.44. The number of hydrogen-bond acceptors (Lipinski definition) is 2. The molecule has 0 bridgehead atoms. The van der Waals surface area contributed by atoms with Crippen LogP contribution in [0.2, 0.25) is 0 Å². The topological polar surface area (TPSA) is 35.2 Å². The number of hydrogen-bond donors (Lipinski definition) is 1. The molecule has 0 amide bonds. The van der Waals surface area contributed by atoms with Gasteiger partial charge in [-0.15, -0.1) is 0 Å². The number of ether oxygens (including phenoxy) is 1. The van der Waals surface area contributed by atoms with Gasteiger partial charge in [-0.1, -0.05) is 24.6 Å². The molecule has 1 aromatic carbocycles. The molecule has 1 aliphatic heterocycles. The molecule has 1 aromatic rings. The second-order valence-electron chi connectivity index (χ2n) is 5.86. The van der Waals surface area contributed by atoms with Crippen molar-refractivity contribution in [2.45, 2.75) is 56.5 Å². The molecule has 2 N–H and O–H groups in total. The molecule has 1 fully saturated rings. The Morgan fingerprint density at radius 3 is 2.72 bits per heavy atom. The average Bonchev–Trinajstić information content (AvgIpc) is 2.40. The zero-order valence-corrected chi connectivity index (χ0v) is 11.0. The van der Waals surface area contributed by atoms with Gasteiger partial charge in [0.05, 0.1) is 0 Å². The first-order valence-corrected chi connectivity index (χ1v) is 7.31. The first-order chi connectivity index (χ1) is 8.83. The smallest absolute Gasteiger partial charge is 0.123 e. The predicted octanol–water partition coefficient (Wildman–Crippen LogP) is 3.60. The highest BCUT2D eigenvalue weighted by atomic mass is 16.5. The lowest BCUT2D eigenvalue weighted by molar-refractivity contribution is 0.000632. The average molecular weight is 245 g/mol. The van der Waals surface area contributed by atoms with Gasteiger partial charge in [-0.25, -0.2) is 0 Å². The maximum absolute atomic E-state index is 6.40. The number of benzene rings is 1. The number of para-hydroxylation sites is 1. The Morgan fingerprint density at radius 2 is 1.94 bits per heavy atom. The maximum Gasteiger partial charge on any atom is 0.123 e. The number of nitrogens with two attached hydrogens (primary N) is 1. The molecule has 3 rings (SSSR count). The first-order valence-electron chi connectivity index (χ1n) is 7.31. The lowest BCUT2D eigenvalue weighted by atomic mass is 9.74. The summed E-state index contributed by atoms with van der Waals surface area (Å²) >= 11 is 0. The fourth-order valence-corrected chi connectivity index (χ4v) is 3.71. The van der Waals surface area contributed by atoms with E-state index >= 15 is 0 Å². The van der Waals surface area contributed by atoms with Crippen molar-refractivity contribution in [3.05, 3.63) is 29.8 Å². The highest BCUT2D eigenvalue weighted by Gasteiger charge is 2.41. The summed E-state index contributed by atoms with van der Waals surface area (Å²) in [5.41, 5.74) is 7.29. The van der Waals surface area contributed by atoms with E-state index in [4.69, 9.17) is 10.5 Å². The molecule has 2 heteroatoms. The van der Waals surface area contributed by atoms with E-state index in [1.807, 2.05) is 0 Å². The molecule has 1 heterocycles. The van der Waals surface area contributed by atoms with Crippen LogP contribution in [0.3, 0.4) is 0 Å². The van der Waals surface area contributed by atoms with Crippen LogP contribution in [0, 0.1) is 0 Å². The van der Waals surface area contributed by atoms with Crippen LogP contribution in [-0.2, 0) is 0 Å². The Morgan fingerprint density at radius 1 is 1.17 bits per heavy atom. The zero-order chi connectivity index (χ0) is 12.4. The molecule has 1 aliphatic carbocycles. The van der Waals surface area contributed by atoms with Crippen LogP contribution in [0.1, 0.15) is 56.4 Å². The van der Waals surface area contributed by atoms with Crippen LogP contribution in [0.25, 0.3) is 0 Å². The largest absolute Gasteiger partial charge is 0.487 e. The van der Waals surface area contributed by atoms with Crippen LogP contribution >= 0.6 is 0 Å². The minimum atomic E-state index is 0.117. The van der Waals surface area contributed by atoms with Gasteiger partial charge >= 0.3 is 0 Å². The van der Waals surface area contributed by atoms with E-state index in [2.05, 4.69) is 24.3 Å². The normalized spacial score (nSPS) is 25.5. The van der Waals surface area contributed by atoms with Gasteiger partial charge < -0.3 is 10.5 Å². The van der Waals surface area contributed by atoms with Crippen LogP contribution < -0.4 is 10.5 Å². The summed E-state index contributed by atoms with van der Waals surface area (Å²) in [6.45, 7) is 0.773. The van der Waals surface area contributed by atoms with Crippen LogP contribution in [0.15, 0.2) is 24.3 Å². The summed E-state index contributed by atoms with van der Waals surface area (Å²) in [6.07, 6.45) is 8.71. The highest BCUT2D eigenvalue weighted by Crippen LogP contribution is 2.47. The quantitative estimate of drug-likeness (QED) is 0.864. The summed E-state index contributed by atoms with van der Waals surface area (Å²) < 4.78 is 6.40. The number of rotatable bonds is 2. The second kappa shape index (κ2) is 4.93. The van der Waals surface area contributed by atoms with Crippen molar-refractivity contribution in [2.75, 3.05) is 6.54 Å².